The van der Waals surface area contributed by atoms with Gasteiger partial charge in [0.05, 0.1) is 7.11 Å². The third-order valence-electron chi connectivity index (χ3n) is 2.45. The Hall–Kier alpha value is -2.30. The first-order chi connectivity index (χ1) is 8.67. The van der Waals surface area contributed by atoms with E-state index in [9.17, 15) is 0 Å². The van der Waals surface area contributed by atoms with Crippen LogP contribution in [0.25, 0.3) is 0 Å². The van der Waals surface area contributed by atoms with Gasteiger partial charge in [-0.05, 0) is 24.6 Å². The van der Waals surface area contributed by atoms with Crippen molar-refractivity contribution in [1.82, 2.24) is 9.97 Å². The Morgan fingerprint density at radius 3 is 2.83 bits per heavy atom. The summed E-state index contributed by atoms with van der Waals surface area (Å²) >= 11 is 0. The van der Waals surface area contributed by atoms with Crippen LogP contribution in [0.15, 0.2) is 30.3 Å². The first-order valence-corrected chi connectivity index (χ1v) is 5.65. The number of benzene rings is 1. The molecule has 0 aliphatic heterocycles. The van der Waals surface area contributed by atoms with Crippen LogP contribution in [0.3, 0.4) is 0 Å². The van der Waals surface area contributed by atoms with E-state index in [1.807, 2.05) is 31.2 Å². The minimum Gasteiger partial charge on any atom is -0.481 e. The highest BCUT2D eigenvalue weighted by Gasteiger charge is 2.01. The van der Waals surface area contributed by atoms with Gasteiger partial charge in [-0.3, -0.25) is 0 Å². The second kappa shape index (κ2) is 5.35. The van der Waals surface area contributed by atoms with Crippen molar-refractivity contribution < 1.29 is 4.74 Å². The number of nitrogens with zero attached hydrogens (tertiary/aromatic N) is 2. The highest BCUT2D eigenvalue weighted by atomic mass is 16.5. The molecule has 0 aliphatic rings. The van der Waals surface area contributed by atoms with Crippen molar-refractivity contribution in [2.45, 2.75) is 13.5 Å². The topological polar surface area (TPSA) is 73.1 Å². The van der Waals surface area contributed by atoms with Crippen LogP contribution < -0.4 is 15.8 Å². The molecule has 1 heterocycles. The van der Waals surface area contributed by atoms with Gasteiger partial charge < -0.3 is 15.8 Å². The monoisotopic (exact) mass is 244 g/mol. The smallest absolute Gasteiger partial charge is 0.218 e. The molecule has 0 atom stereocenters. The fourth-order valence-electron chi connectivity index (χ4n) is 1.63. The largest absolute Gasteiger partial charge is 0.481 e. The Morgan fingerprint density at radius 1 is 1.28 bits per heavy atom. The van der Waals surface area contributed by atoms with Gasteiger partial charge in [0.2, 0.25) is 5.88 Å². The summed E-state index contributed by atoms with van der Waals surface area (Å²) in [6, 6.07) is 9.49. The summed E-state index contributed by atoms with van der Waals surface area (Å²) in [5.41, 5.74) is 7.58. The third-order valence-corrected chi connectivity index (χ3v) is 2.45. The van der Waals surface area contributed by atoms with Crippen LogP contribution in [0.4, 0.5) is 11.5 Å². The lowest BCUT2D eigenvalue weighted by atomic mass is 10.2. The Balaban J connectivity index is 2.08. The minimum atomic E-state index is 0.553. The number of ether oxygens (including phenoxy) is 1. The average Bonchev–Trinajstić information content (AvgIpc) is 2.36. The maximum Gasteiger partial charge on any atom is 0.218 e. The maximum absolute atomic E-state index is 5.72. The van der Waals surface area contributed by atoms with E-state index in [2.05, 4.69) is 15.3 Å². The molecular formula is C13H16N4O. The predicted molar refractivity (Wildman–Crippen MR) is 71.5 cm³/mol. The molecule has 0 bridgehead atoms. The number of rotatable bonds is 4. The lowest BCUT2D eigenvalue weighted by Crippen LogP contribution is -2.04. The summed E-state index contributed by atoms with van der Waals surface area (Å²) in [6.45, 7) is 2.48. The van der Waals surface area contributed by atoms with Gasteiger partial charge in [0.15, 0.2) is 0 Å². The van der Waals surface area contributed by atoms with Crippen LogP contribution in [0.1, 0.15) is 11.4 Å². The van der Waals surface area contributed by atoms with Gasteiger partial charge in [-0.15, -0.1) is 0 Å². The van der Waals surface area contributed by atoms with Gasteiger partial charge in [0.25, 0.3) is 0 Å². The van der Waals surface area contributed by atoms with Gasteiger partial charge in [-0.1, -0.05) is 12.1 Å². The van der Waals surface area contributed by atoms with Gasteiger partial charge in [0, 0.05) is 18.3 Å². The molecule has 2 rings (SSSR count). The summed E-state index contributed by atoms with van der Waals surface area (Å²) in [5.74, 6) is 1.96. The number of nitrogens with one attached hydrogen (secondary N) is 1. The lowest BCUT2D eigenvalue weighted by molar-refractivity contribution is 0.396. The summed E-state index contributed by atoms with van der Waals surface area (Å²) in [4.78, 5) is 8.41. The average molecular weight is 244 g/mol. The molecular weight excluding hydrogens is 228 g/mol. The number of methoxy groups -OCH3 is 1. The summed E-state index contributed by atoms with van der Waals surface area (Å²) in [5, 5.41) is 3.22. The fraction of sp³-hybridized carbons (Fsp3) is 0.231. The fourth-order valence-corrected chi connectivity index (χ4v) is 1.63. The molecule has 0 saturated carbocycles. The first-order valence-electron chi connectivity index (χ1n) is 5.65. The van der Waals surface area contributed by atoms with Gasteiger partial charge in [-0.25, -0.2) is 4.98 Å². The second-order valence-corrected chi connectivity index (χ2v) is 3.94. The van der Waals surface area contributed by atoms with Gasteiger partial charge in [-0.2, -0.15) is 4.98 Å². The molecule has 5 heteroatoms. The van der Waals surface area contributed by atoms with E-state index >= 15 is 0 Å². The highest BCUT2D eigenvalue weighted by Crippen LogP contribution is 2.14. The van der Waals surface area contributed by atoms with Gasteiger partial charge >= 0.3 is 0 Å². The number of anilines is 2. The molecule has 0 aliphatic carbocycles. The van der Waals surface area contributed by atoms with Crippen molar-refractivity contribution in [2.24, 2.45) is 0 Å². The maximum atomic E-state index is 5.72. The predicted octanol–water partition coefficient (Wildman–Crippen LogP) is 1.99. The zero-order valence-corrected chi connectivity index (χ0v) is 10.5. The normalized spacial score (nSPS) is 10.1. The van der Waals surface area contributed by atoms with Crippen LogP contribution in [-0.4, -0.2) is 17.1 Å². The summed E-state index contributed by atoms with van der Waals surface area (Å²) < 4.78 is 5.10. The van der Waals surface area contributed by atoms with Crippen LogP contribution in [-0.2, 0) is 6.54 Å². The quantitative estimate of drug-likeness (QED) is 0.805. The molecule has 18 heavy (non-hydrogen) atoms. The number of hydrogen-bond donors (Lipinski definition) is 2. The second-order valence-electron chi connectivity index (χ2n) is 3.94. The van der Waals surface area contributed by atoms with E-state index in [4.69, 9.17) is 10.5 Å². The van der Waals surface area contributed by atoms with Crippen LogP contribution >= 0.6 is 0 Å². The van der Waals surface area contributed by atoms with Crippen molar-refractivity contribution in [2.75, 3.05) is 18.2 Å². The first kappa shape index (κ1) is 12.2. The van der Waals surface area contributed by atoms with Gasteiger partial charge in [0.1, 0.15) is 11.6 Å². The Labute approximate surface area is 106 Å². The third kappa shape index (κ3) is 3.10. The molecule has 0 unspecified atom stereocenters. The SMILES string of the molecule is COc1cc(NCc2cccc(N)c2)nc(C)n1. The molecule has 2 aromatic rings. The number of hydrogen-bond acceptors (Lipinski definition) is 5. The number of nitrogens with two attached hydrogens (primary N) is 1. The van der Waals surface area contributed by atoms with E-state index in [1.165, 1.54) is 0 Å². The van der Waals surface area contributed by atoms with Crippen molar-refractivity contribution in [1.29, 1.82) is 0 Å². The van der Waals surface area contributed by atoms with Crippen LogP contribution in [0.2, 0.25) is 0 Å². The molecule has 0 spiro atoms. The molecule has 1 aromatic heterocycles. The Morgan fingerprint density at radius 2 is 2.11 bits per heavy atom. The van der Waals surface area contributed by atoms with Crippen LogP contribution in [0, 0.1) is 6.92 Å². The number of aryl methyl sites for hydroxylation is 1. The zero-order chi connectivity index (χ0) is 13.0. The van der Waals surface area contributed by atoms with E-state index in [0.717, 1.165) is 17.1 Å². The summed E-state index contributed by atoms with van der Waals surface area (Å²) in [6.07, 6.45) is 0. The highest BCUT2D eigenvalue weighted by molar-refractivity contribution is 5.43. The Bertz CT molecular complexity index is 542. The van der Waals surface area contributed by atoms with Crippen molar-refractivity contribution >= 4 is 11.5 Å². The molecule has 5 nitrogen and oxygen atoms in total. The van der Waals surface area contributed by atoms with Crippen molar-refractivity contribution in [3.8, 4) is 5.88 Å². The van der Waals surface area contributed by atoms with E-state index in [0.29, 0.717) is 18.2 Å². The molecule has 0 fully saturated rings. The molecule has 0 saturated heterocycles. The van der Waals surface area contributed by atoms with Crippen LogP contribution in [0.5, 0.6) is 5.88 Å². The Kier molecular flexibility index (Phi) is 3.62. The zero-order valence-electron chi connectivity index (χ0n) is 10.5. The molecule has 3 N–H and O–H groups in total. The molecule has 1 aromatic carbocycles. The van der Waals surface area contributed by atoms with E-state index in [1.54, 1.807) is 13.2 Å². The number of nitrogen functional groups attached to an aromatic ring is 1. The molecule has 94 valence electrons. The standard InChI is InChI=1S/C13H16N4O/c1-9-16-12(7-13(17-9)18-2)15-8-10-4-3-5-11(14)6-10/h3-7H,8,14H2,1-2H3,(H,15,16,17). The van der Waals surface area contributed by atoms with Crippen molar-refractivity contribution in [3.05, 3.63) is 41.7 Å². The lowest BCUT2D eigenvalue weighted by Gasteiger charge is -2.08. The van der Waals surface area contributed by atoms with E-state index < -0.39 is 0 Å². The molecule has 0 radical (unpaired) electrons. The summed E-state index contributed by atoms with van der Waals surface area (Å²) in [7, 11) is 1.59. The van der Waals surface area contributed by atoms with E-state index in [-0.39, 0.29) is 0 Å². The minimum absolute atomic E-state index is 0.553. The molecule has 0 amide bonds. The number of aromatic nitrogens is 2. The van der Waals surface area contributed by atoms with Crippen molar-refractivity contribution in [3.63, 3.8) is 0 Å².